The first kappa shape index (κ1) is 17.8. The van der Waals surface area contributed by atoms with E-state index in [2.05, 4.69) is 0 Å². The molecule has 1 aromatic rings. The molecule has 1 aliphatic heterocycles. The predicted molar refractivity (Wildman–Crippen MR) is 95.6 cm³/mol. The number of carboxylic acids is 1. The Morgan fingerprint density at radius 3 is 2.50 bits per heavy atom. The van der Waals surface area contributed by atoms with Gasteiger partial charge in [-0.05, 0) is 35.9 Å². The van der Waals surface area contributed by atoms with Crippen LogP contribution < -0.4 is 4.74 Å². The quantitative estimate of drug-likeness (QED) is 0.879. The SMILES string of the molecule is COC1=CC=C(N2C(=O)CC(c3ccc(OC)cc3)[C@@H]2C(=O)O)CC=C1. The van der Waals surface area contributed by atoms with E-state index < -0.39 is 17.9 Å². The van der Waals surface area contributed by atoms with Crippen LogP contribution in [0.15, 0.2) is 60.0 Å². The molecule has 2 atom stereocenters. The Bertz CT molecular complexity index is 791. The highest BCUT2D eigenvalue weighted by Crippen LogP contribution is 2.38. The number of amides is 1. The van der Waals surface area contributed by atoms with E-state index in [1.54, 1.807) is 44.6 Å². The van der Waals surface area contributed by atoms with Crippen LogP contribution in [0.5, 0.6) is 5.75 Å². The summed E-state index contributed by atoms with van der Waals surface area (Å²) in [4.78, 5) is 26.1. The van der Waals surface area contributed by atoms with Gasteiger partial charge in [0.25, 0.3) is 0 Å². The lowest BCUT2D eigenvalue weighted by Crippen LogP contribution is -2.40. The van der Waals surface area contributed by atoms with Crippen molar-refractivity contribution in [1.82, 2.24) is 4.90 Å². The van der Waals surface area contributed by atoms with Crippen molar-refractivity contribution in [2.75, 3.05) is 14.2 Å². The predicted octanol–water partition coefficient (Wildman–Crippen LogP) is 2.84. The number of ether oxygens (including phenoxy) is 2. The van der Waals surface area contributed by atoms with Crippen LogP contribution in [0.2, 0.25) is 0 Å². The second kappa shape index (κ2) is 7.47. The summed E-state index contributed by atoms with van der Waals surface area (Å²) in [7, 11) is 3.14. The van der Waals surface area contributed by atoms with Crippen molar-refractivity contribution in [1.29, 1.82) is 0 Å². The molecule has 0 radical (unpaired) electrons. The Morgan fingerprint density at radius 2 is 1.88 bits per heavy atom. The van der Waals surface area contributed by atoms with Gasteiger partial charge in [-0.25, -0.2) is 4.79 Å². The number of carbonyl (C=O) groups is 2. The van der Waals surface area contributed by atoms with Crippen LogP contribution in [0.1, 0.15) is 24.3 Å². The molecule has 6 nitrogen and oxygen atoms in total. The van der Waals surface area contributed by atoms with Gasteiger partial charge in [0.1, 0.15) is 17.6 Å². The van der Waals surface area contributed by atoms with Crippen molar-refractivity contribution < 1.29 is 24.2 Å². The first-order valence-corrected chi connectivity index (χ1v) is 8.35. The maximum absolute atomic E-state index is 12.7. The van der Waals surface area contributed by atoms with Gasteiger partial charge in [-0.1, -0.05) is 18.2 Å². The van der Waals surface area contributed by atoms with E-state index in [0.29, 0.717) is 23.6 Å². The molecule has 0 aromatic heterocycles. The molecule has 1 aliphatic carbocycles. The molecule has 6 heteroatoms. The molecule has 0 spiro atoms. The van der Waals surface area contributed by atoms with E-state index in [4.69, 9.17) is 9.47 Å². The lowest BCUT2D eigenvalue weighted by Gasteiger charge is -2.26. The second-order valence-electron chi connectivity index (χ2n) is 6.17. The highest BCUT2D eigenvalue weighted by atomic mass is 16.5. The largest absolute Gasteiger partial charge is 0.497 e. The minimum Gasteiger partial charge on any atom is -0.497 e. The fraction of sp³-hybridized carbons (Fsp3) is 0.300. The molecule has 136 valence electrons. The van der Waals surface area contributed by atoms with Gasteiger partial charge in [0, 0.05) is 24.5 Å². The second-order valence-corrected chi connectivity index (χ2v) is 6.17. The van der Waals surface area contributed by atoms with Crippen molar-refractivity contribution in [2.45, 2.75) is 24.8 Å². The van der Waals surface area contributed by atoms with Crippen molar-refractivity contribution >= 4 is 11.9 Å². The van der Waals surface area contributed by atoms with Crippen LogP contribution in [0.3, 0.4) is 0 Å². The number of hydrogen-bond donors (Lipinski definition) is 1. The fourth-order valence-electron chi connectivity index (χ4n) is 3.42. The molecular formula is C20H21NO5. The van der Waals surface area contributed by atoms with Crippen LogP contribution in [0.25, 0.3) is 0 Å². The standard InChI is InChI=1S/C20H21NO5/c1-25-15-5-3-4-14(8-11-15)21-18(22)12-17(19(21)20(23)24)13-6-9-16(26-2)10-7-13/h3,5-11,17,19H,4,12H2,1-2H3,(H,23,24)/t17?,19-/m1/s1. The molecule has 1 heterocycles. The fourth-order valence-corrected chi connectivity index (χ4v) is 3.42. The molecule has 1 aromatic carbocycles. The number of carbonyl (C=O) groups excluding carboxylic acids is 1. The minimum absolute atomic E-state index is 0.158. The van der Waals surface area contributed by atoms with E-state index in [1.165, 1.54) is 4.90 Å². The average Bonchev–Trinajstić information content (AvgIpc) is 2.83. The van der Waals surface area contributed by atoms with Crippen LogP contribution in [-0.2, 0) is 14.3 Å². The third kappa shape index (κ3) is 3.35. The smallest absolute Gasteiger partial charge is 0.327 e. The van der Waals surface area contributed by atoms with E-state index in [0.717, 1.165) is 5.56 Å². The molecule has 0 bridgehead atoms. The molecule has 2 aliphatic rings. The third-order valence-electron chi connectivity index (χ3n) is 4.71. The van der Waals surface area contributed by atoms with Gasteiger partial charge in [0.15, 0.2) is 0 Å². The number of rotatable bonds is 5. The summed E-state index contributed by atoms with van der Waals surface area (Å²) in [6.07, 6.45) is 7.79. The number of likely N-dealkylation sites (tertiary alicyclic amines) is 1. The Balaban J connectivity index is 1.94. The molecule has 26 heavy (non-hydrogen) atoms. The maximum Gasteiger partial charge on any atom is 0.327 e. The molecule has 1 unspecified atom stereocenters. The monoisotopic (exact) mass is 355 g/mol. The van der Waals surface area contributed by atoms with Gasteiger partial charge < -0.3 is 19.5 Å². The number of methoxy groups -OCH3 is 2. The number of benzene rings is 1. The average molecular weight is 355 g/mol. The highest BCUT2D eigenvalue weighted by molar-refractivity contribution is 5.91. The van der Waals surface area contributed by atoms with Gasteiger partial charge in [0.2, 0.25) is 5.91 Å². The van der Waals surface area contributed by atoms with Crippen molar-refractivity contribution in [2.24, 2.45) is 0 Å². The normalized spacial score (nSPS) is 22.5. The summed E-state index contributed by atoms with van der Waals surface area (Å²) in [5.74, 6) is -0.264. The Labute approximate surface area is 152 Å². The maximum atomic E-state index is 12.7. The van der Waals surface area contributed by atoms with Gasteiger partial charge in [-0.15, -0.1) is 0 Å². The topological polar surface area (TPSA) is 76.1 Å². The van der Waals surface area contributed by atoms with Crippen molar-refractivity contribution in [3.63, 3.8) is 0 Å². The molecule has 1 N–H and O–H groups in total. The van der Waals surface area contributed by atoms with Gasteiger partial charge in [0.05, 0.1) is 14.2 Å². The summed E-state index contributed by atoms with van der Waals surface area (Å²) in [6, 6.07) is 6.26. The van der Waals surface area contributed by atoms with E-state index >= 15 is 0 Å². The first-order chi connectivity index (χ1) is 12.5. The summed E-state index contributed by atoms with van der Waals surface area (Å²) in [5.41, 5.74) is 1.47. The van der Waals surface area contributed by atoms with Crippen molar-refractivity contribution in [3.8, 4) is 5.75 Å². The lowest BCUT2D eigenvalue weighted by molar-refractivity contribution is -0.145. The Hall–Kier alpha value is -3.02. The number of carboxylic acid groups (broad SMARTS) is 1. The third-order valence-corrected chi connectivity index (χ3v) is 4.71. The van der Waals surface area contributed by atoms with E-state index in [9.17, 15) is 14.7 Å². The number of nitrogens with zero attached hydrogens (tertiary/aromatic N) is 1. The zero-order chi connectivity index (χ0) is 18.7. The van der Waals surface area contributed by atoms with Crippen LogP contribution >= 0.6 is 0 Å². The van der Waals surface area contributed by atoms with Gasteiger partial charge in [-0.2, -0.15) is 0 Å². The summed E-state index contributed by atoms with van der Waals surface area (Å²) in [5, 5.41) is 9.83. The minimum atomic E-state index is -1.01. The van der Waals surface area contributed by atoms with Crippen LogP contribution in [0.4, 0.5) is 0 Å². The molecule has 1 fully saturated rings. The zero-order valence-electron chi connectivity index (χ0n) is 14.7. The highest BCUT2D eigenvalue weighted by Gasteiger charge is 2.46. The van der Waals surface area contributed by atoms with Crippen molar-refractivity contribution in [3.05, 3.63) is 65.6 Å². The first-order valence-electron chi connectivity index (χ1n) is 8.35. The Morgan fingerprint density at radius 1 is 1.15 bits per heavy atom. The lowest BCUT2D eigenvalue weighted by atomic mass is 9.91. The number of allylic oxidation sites excluding steroid dienone is 4. The summed E-state index contributed by atoms with van der Waals surface area (Å²) >= 11 is 0. The van der Waals surface area contributed by atoms with E-state index in [1.807, 2.05) is 18.2 Å². The molecule has 1 amide bonds. The zero-order valence-corrected chi connectivity index (χ0v) is 14.7. The van der Waals surface area contributed by atoms with Crippen LogP contribution in [-0.4, -0.2) is 42.1 Å². The molecule has 0 saturated carbocycles. The number of aliphatic carboxylic acids is 1. The van der Waals surface area contributed by atoms with Crippen LogP contribution in [0, 0.1) is 0 Å². The summed E-state index contributed by atoms with van der Waals surface area (Å²) in [6.45, 7) is 0. The Kier molecular flexibility index (Phi) is 5.11. The molecule has 1 saturated heterocycles. The number of hydrogen-bond acceptors (Lipinski definition) is 4. The van der Waals surface area contributed by atoms with Gasteiger partial charge in [-0.3, -0.25) is 4.79 Å². The molecule has 3 rings (SSSR count). The summed E-state index contributed by atoms with van der Waals surface area (Å²) < 4.78 is 10.3. The molecular weight excluding hydrogens is 334 g/mol. The van der Waals surface area contributed by atoms with Gasteiger partial charge >= 0.3 is 5.97 Å². The van der Waals surface area contributed by atoms with E-state index in [-0.39, 0.29) is 12.3 Å².